The first-order chi connectivity index (χ1) is 7.79. The van der Waals surface area contributed by atoms with Crippen molar-refractivity contribution in [2.45, 2.75) is 64.2 Å². The maximum absolute atomic E-state index is 12.0. The fourth-order valence-electron chi connectivity index (χ4n) is 3.81. The summed E-state index contributed by atoms with van der Waals surface area (Å²) in [6.45, 7) is 0. The average molecular weight is 222 g/mol. The molecular weight excluding hydrogens is 200 g/mol. The fourth-order valence-corrected chi connectivity index (χ4v) is 3.81. The molecule has 2 aliphatic carbocycles. The fraction of sp³-hybridized carbons (Fsp3) is 0.857. The summed E-state index contributed by atoms with van der Waals surface area (Å²) in [5.41, 5.74) is -0.250. The molecule has 0 spiro atoms. The van der Waals surface area contributed by atoms with Crippen molar-refractivity contribution in [3.05, 3.63) is 0 Å². The van der Waals surface area contributed by atoms with Gasteiger partial charge < -0.3 is 0 Å². The maximum Gasteiger partial charge on any atom is 0.201 e. The Hall–Kier alpha value is -0.660. The Balaban J connectivity index is 2.17. The zero-order valence-electron chi connectivity index (χ0n) is 10.0. The molecule has 0 radical (unpaired) electrons. The van der Waals surface area contributed by atoms with Crippen LogP contribution in [0.2, 0.25) is 0 Å². The van der Waals surface area contributed by atoms with E-state index in [9.17, 15) is 9.59 Å². The van der Waals surface area contributed by atoms with Crippen molar-refractivity contribution in [1.29, 1.82) is 0 Å². The molecule has 2 fully saturated rings. The highest BCUT2D eigenvalue weighted by Gasteiger charge is 2.45. The molecule has 2 heteroatoms. The molecule has 0 heterocycles. The van der Waals surface area contributed by atoms with Crippen LogP contribution >= 0.6 is 0 Å². The number of hydrogen-bond acceptors (Lipinski definition) is 2. The van der Waals surface area contributed by atoms with Gasteiger partial charge in [-0.25, -0.2) is 0 Å². The zero-order valence-corrected chi connectivity index (χ0v) is 10.0. The molecule has 2 aliphatic rings. The molecule has 90 valence electrons. The number of rotatable bonds is 3. The van der Waals surface area contributed by atoms with Crippen molar-refractivity contribution in [2.75, 3.05) is 0 Å². The van der Waals surface area contributed by atoms with Gasteiger partial charge >= 0.3 is 0 Å². The van der Waals surface area contributed by atoms with E-state index in [0.717, 1.165) is 25.7 Å². The van der Waals surface area contributed by atoms with Crippen LogP contribution in [0.3, 0.4) is 0 Å². The van der Waals surface area contributed by atoms with Gasteiger partial charge in [-0.05, 0) is 31.6 Å². The summed E-state index contributed by atoms with van der Waals surface area (Å²) >= 11 is 0. The van der Waals surface area contributed by atoms with Crippen LogP contribution in [0, 0.1) is 11.3 Å². The van der Waals surface area contributed by atoms with Crippen LogP contribution in [0.5, 0.6) is 0 Å². The standard InChI is InChI=1S/C14H22O2/c15-11-13(16)14(9-5-2-6-10-14)12-7-3-1-4-8-12/h11-12H,1-10H2. The lowest BCUT2D eigenvalue weighted by Gasteiger charge is -2.43. The van der Waals surface area contributed by atoms with Crippen molar-refractivity contribution in [1.82, 2.24) is 0 Å². The largest absolute Gasteiger partial charge is 0.295 e. The van der Waals surface area contributed by atoms with Crippen LogP contribution in [-0.4, -0.2) is 12.1 Å². The van der Waals surface area contributed by atoms with E-state index in [2.05, 4.69) is 0 Å². The number of aldehydes is 1. The number of carbonyl (C=O) groups is 2. The molecule has 0 aromatic rings. The van der Waals surface area contributed by atoms with E-state index in [1.54, 1.807) is 0 Å². The van der Waals surface area contributed by atoms with E-state index in [4.69, 9.17) is 0 Å². The number of hydrogen-bond donors (Lipinski definition) is 0. The van der Waals surface area contributed by atoms with Gasteiger partial charge in [-0.3, -0.25) is 9.59 Å². The molecular formula is C14H22O2. The van der Waals surface area contributed by atoms with Crippen molar-refractivity contribution < 1.29 is 9.59 Å². The minimum Gasteiger partial charge on any atom is -0.295 e. The molecule has 0 saturated heterocycles. The summed E-state index contributed by atoms with van der Waals surface area (Å²) in [5, 5.41) is 0. The lowest BCUT2D eigenvalue weighted by atomic mass is 9.60. The Morgan fingerprint density at radius 3 is 2.06 bits per heavy atom. The first-order valence-corrected chi connectivity index (χ1v) is 6.79. The van der Waals surface area contributed by atoms with Crippen molar-refractivity contribution in [3.8, 4) is 0 Å². The van der Waals surface area contributed by atoms with Gasteiger partial charge in [-0.2, -0.15) is 0 Å². The molecule has 0 atom stereocenters. The van der Waals surface area contributed by atoms with Crippen molar-refractivity contribution in [2.24, 2.45) is 11.3 Å². The van der Waals surface area contributed by atoms with Crippen LogP contribution in [-0.2, 0) is 9.59 Å². The van der Waals surface area contributed by atoms with Crippen LogP contribution in [0.25, 0.3) is 0 Å². The molecule has 0 aromatic carbocycles. The summed E-state index contributed by atoms with van der Waals surface area (Å²) < 4.78 is 0. The minimum absolute atomic E-state index is 0.0981. The molecule has 2 saturated carbocycles. The van der Waals surface area contributed by atoms with E-state index in [0.29, 0.717) is 12.2 Å². The summed E-state index contributed by atoms with van der Waals surface area (Å²) in [5.74, 6) is 0.401. The normalized spacial score (nSPS) is 26.2. The van der Waals surface area contributed by atoms with Crippen LogP contribution in [0.4, 0.5) is 0 Å². The summed E-state index contributed by atoms with van der Waals surface area (Å²) in [6.07, 6.45) is 12.2. The van der Waals surface area contributed by atoms with Crippen LogP contribution in [0.1, 0.15) is 64.2 Å². The summed E-state index contributed by atoms with van der Waals surface area (Å²) in [6, 6.07) is 0. The monoisotopic (exact) mass is 222 g/mol. The van der Waals surface area contributed by atoms with E-state index in [1.165, 1.54) is 38.5 Å². The van der Waals surface area contributed by atoms with Crippen LogP contribution < -0.4 is 0 Å². The van der Waals surface area contributed by atoms with Gasteiger partial charge in [0.25, 0.3) is 0 Å². The van der Waals surface area contributed by atoms with Gasteiger partial charge in [-0.15, -0.1) is 0 Å². The molecule has 0 aromatic heterocycles. The first-order valence-electron chi connectivity index (χ1n) is 6.79. The molecule has 16 heavy (non-hydrogen) atoms. The third kappa shape index (κ3) is 2.07. The Labute approximate surface area is 97.8 Å². The summed E-state index contributed by atoms with van der Waals surface area (Å²) in [7, 11) is 0. The third-order valence-corrected chi connectivity index (χ3v) is 4.73. The molecule has 0 bridgehead atoms. The van der Waals surface area contributed by atoms with E-state index in [-0.39, 0.29) is 11.2 Å². The Morgan fingerprint density at radius 2 is 1.50 bits per heavy atom. The second-order valence-corrected chi connectivity index (χ2v) is 5.53. The average Bonchev–Trinajstić information content (AvgIpc) is 2.39. The van der Waals surface area contributed by atoms with Gasteiger partial charge in [0.05, 0.1) is 0 Å². The molecule has 0 aliphatic heterocycles. The van der Waals surface area contributed by atoms with Gasteiger partial charge in [0.15, 0.2) is 6.29 Å². The van der Waals surface area contributed by atoms with Crippen LogP contribution in [0.15, 0.2) is 0 Å². The molecule has 0 N–H and O–H groups in total. The topological polar surface area (TPSA) is 34.1 Å². The highest BCUT2D eigenvalue weighted by molar-refractivity contribution is 6.27. The van der Waals surface area contributed by atoms with Gasteiger partial charge in [-0.1, -0.05) is 38.5 Å². The number of Topliss-reactive ketones (excluding diaryl/α,β-unsaturated/α-hetero) is 1. The second kappa shape index (κ2) is 5.11. The Bertz CT molecular complexity index is 258. The van der Waals surface area contributed by atoms with E-state index < -0.39 is 0 Å². The smallest absolute Gasteiger partial charge is 0.201 e. The first kappa shape index (κ1) is 11.8. The highest BCUT2D eigenvalue weighted by Crippen LogP contribution is 2.48. The predicted molar refractivity (Wildman–Crippen MR) is 63.2 cm³/mol. The summed E-state index contributed by atoms with van der Waals surface area (Å²) in [4.78, 5) is 22.9. The minimum atomic E-state index is -0.250. The predicted octanol–water partition coefficient (Wildman–Crippen LogP) is 3.29. The molecule has 2 nitrogen and oxygen atoms in total. The van der Waals surface area contributed by atoms with Crippen molar-refractivity contribution >= 4 is 12.1 Å². The van der Waals surface area contributed by atoms with E-state index in [1.807, 2.05) is 0 Å². The molecule has 0 unspecified atom stereocenters. The van der Waals surface area contributed by atoms with E-state index >= 15 is 0 Å². The lowest BCUT2D eigenvalue weighted by molar-refractivity contribution is -0.142. The molecule has 2 rings (SSSR count). The number of ketones is 1. The Morgan fingerprint density at radius 1 is 0.938 bits per heavy atom. The van der Waals surface area contributed by atoms with Crippen molar-refractivity contribution in [3.63, 3.8) is 0 Å². The third-order valence-electron chi connectivity index (χ3n) is 4.73. The second-order valence-electron chi connectivity index (χ2n) is 5.53. The highest BCUT2D eigenvalue weighted by atomic mass is 16.2. The Kier molecular flexibility index (Phi) is 3.78. The van der Waals surface area contributed by atoms with Gasteiger partial charge in [0.2, 0.25) is 5.78 Å². The lowest BCUT2D eigenvalue weighted by Crippen LogP contribution is -2.42. The SMILES string of the molecule is O=CC(=O)C1(C2CCCCC2)CCCCC1. The zero-order chi connectivity index (χ0) is 11.4. The number of carbonyl (C=O) groups excluding carboxylic acids is 2. The quantitative estimate of drug-likeness (QED) is 0.542. The molecule has 0 amide bonds. The maximum atomic E-state index is 12.0. The van der Waals surface area contributed by atoms with Gasteiger partial charge in [0, 0.05) is 5.41 Å². The van der Waals surface area contributed by atoms with Gasteiger partial charge in [0.1, 0.15) is 0 Å².